The predicted octanol–water partition coefficient (Wildman–Crippen LogP) is -0.763. The van der Waals surface area contributed by atoms with Crippen molar-refractivity contribution in [3.8, 4) is 0 Å². The molecule has 0 saturated heterocycles. The monoisotopic (exact) mass is 140 g/mol. The van der Waals surface area contributed by atoms with Crippen LogP contribution in [0.5, 0.6) is 0 Å². The van der Waals surface area contributed by atoms with Crippen molar-refractivity contribution in [2.24, 2.45) is 0 Å². The van der Waals surface area contributed by atoms with Crippen molar-refractivity contribution < 1.29 is 33.4 Å². The summed E-state index contributed by atoms with van der Waals surface area (Å²) < 4.78 is 33.1. The third-order valence-electron chi connectivity index (χ3n) is 0. The molecule has 40 valence electrons. The Morgan fingerprint density at radius 1 is 1.17 bits per heavy atom. The van der Waals surface area contributed by atoms with Crippen LogP contribution in [-0.4, -0.2) is 4.19 Å². The summed E-state index contributed by atoms with van der Waals surface area (Å²) in [6.07, 6.45) is 0. The first-order valence-electron chi connectivity index (χ1n) is 0.632. The fourth-order valence-electron chi connectivity index (χ4n) is 0. The van der Waals surface area contributed by atoms with E-state index in [1.165, 1.54) is 0 Å². The summed E-state index contributed by atoms with van der Waals surface area (Å²) in [5, 5.41) is 0. The van der Waals surface area contributed by atoms with Crippen molar-refractivity contribution in [3.05, 3.63) is 0 Å². The molecule has 0 amide bonds. The van der Waals surface area contributed by atoms with E-state index in [2.05, 4.69) is 0 Å². The van der Waals surface area contributed by atoms with Crippen LogP contribution in [0.25, 0.3) is 0 Å². The molecule has 0 rings (SSSR count). The Balaban J connectivity index is 0. The maximum atomic E-state index is 8.69. The third-order valence-corrected chi connectivity index (χ3v) is 0. The van der Waals surface area contributed by atoms with Gasteiger partial charge in [0.25, 0.3) is 0 Å². The molecule has 0 radical (unpaired) electrons. The van der Waals surface area contributed by atoms with Gasteiger partial charge in [0.2, 0.25) is 0 Å². The molecule has 0 aliphatic rings. The molecular formula is H2FMnO4. The Morgan fingerprint density at radius 3 is 1.17 bits per heavy atom. The van der Waals surface area contributed by atoms with Crippen LogP contribution in [-0.2, 0) is 24.5 Å². The zero-order chi connectivity index (χ0) is 4.50. The van der Waals surface area contributed by atoms with Gasteiger partial charge in [-0.3, -0.25) is 4.70 Å². The number of hydrogen-bond donors (Lipinski definition) is 1. The first-order chi connectivity index (χ1) is 2.00. The topological polar surface area (TPSA) is 71.4 Å². The zero-order valence-corrected chi connectivity index (χ0v) is 3.64. The second-order valence-electron chi connectivity index (χ2n) is 0.396. The minimum absolute atomic E-state index is 0. The first kappa shape index (κ1) is 9.26. The van der Waals surface area contributed by atoms with Gasteiger partial charge < -0.3 is 0 Å². The normalized spacial score (nSPS) is 9.50. The van der Waals surface area contributed by atoms with Crippen molar-refractivity contribution in [1.29, 1.82) is 0 Å². The van der Waals surface area contributed by atoms with Gasteiger partial charge in [0, 0.05) is 0 Å². The van der Waals surface area contributed by atoms with Gasteiger partial charge in [-0.15, -0.1) is 0 Å². The molecule has 0 saturated carbocycles. The van der Waals surface area contributed by atoms with Gasteiger partial charge in [-0.2, -0.15) is 0 Å². The molecule has 4 nitrogen and oxygen atoms in total. The summed E-state index contributed by atoms with van der Waals surface area (Å²) in [7, 11) is 0. The van der Waals surface area contributed by atoms with Crippen molar-refractivity contribution in [2.45, 2.75) is 0 Å². The zero-order valence-electron chi connectivity index (χ0n) is 2.46. The molecule has 0 atom stereocenters. The Hall–Kier alpha value is -0.191. The second-order valence-corrected chi connectivity index (χ2v) is 1.63. The fraction of sp³-hybridized carbons (Fsp3) is 0. The van der Waals surface area contributed by atoms with Gasteiger partial charge in [-0.1, -0.05) is 0 Å². The number of halogens is 1. The molecule has 0 bridgehead atoms. The summed E-state index contributed by atoms with van der Waals surface area (Å²) in [4.78, 5) is 0. The Kier molecular flexibility index (Phi) is 3.19. The van der Waals surface area contributed by atoms with E-state index in [0.29, 0.717) is 0 Å². The number of hydrogen-bond acceptors (Lipinski definition) is 3. The van der Waals surface area contributed by atoms with Crippen molar-refractivity contribution in [2.75, 3.05) is 0 Å². The molecule has 0 aliphatic heterocycles. The van der Waals surface area contributed by atoms with Crippen LogP contribution in [0.2, 0.25) is 0 Å². The Bertz CT molecular complexity index is 129. The van der Waals surface area contributed by atoms with E-state index < -0.39 is 13.0 Å². The molecule has 6 heavy (non-hydrogen) atoms. The Labute approximate surface area is 34.3 Å². The van der Waals surface area contributed by atoms with Crippen LogP contribution in [0, 0.1) is 0 Å². The summed E-state index contributed by atoms with van der Waals surface area (Å²) in [6.45, 7) is 0. The van der Waals surface area contributed by atoms with Gasteiger partial charge in [-0.05, 0) is 0 Å². The van der Waals surface area contributed by atoms with Crippen molar-refractivity contribution in [3.63, 3.8) is 0 Å². The van der Waals surface area contributed by atoms with Crippen LogP contribution < -0.4 is 0 Å². The van der Waals surface area contributed by atoms with E-state index >= 15 is 0 Å². The van der Waals surface area contributed by atoms with Gasteiger partial charge in [0.1, 0.15) is 0 Å². The van der Waals surface area contributed by atoms with Gasteiger partial charge in [0.15, 0.2) is 0 Å². The summed E-state index contributed by atoms with van der Waals surface area (Å²) in [6, 6.07) is 0. The van der Waals surface area contributed by atoms with E-state index in [0.717, 1.165) is 0 Å². The third kappa shape index (κ3) is 828. The first-order valence-corrected chi connectivity index (χ1v) is 2.61. The van der Waals surface area contributed by atoms with Crippen LogP contribution in [0.1, 0.15) is 0 Å². The number of rotatable bonds is 0. The van der Waals surface area contributed by atoms with E-state index in [-0.39, 0.29) is 4.70 Å². The molecular weight excluding hydrogens is 138 g/mol. The fourth-order valence-corrected chi connectivity index (χ4v) is 0. The molecule has 0 aromatic carbocycles. The van der Waals surface area contributed by atoms with E-state index in [1.807, 2.05) is 0 Å². The maximum absolute atomic E-state index is 8.69. The summed E-state index contributed by atoms with van der Waals surface area (Å²) in [5.41, 5.74) is 0. The van der Waals surface area contributed by atoms with Gasteiger partial charge in [-0.25, -0.2) is 0 Å². The predicted molar refractivity (Wildman–Crippen MR) is 6.78 cm³/mol. The van der Waals surface area contributed by atoms with Crippen LogP contribution in [0.15, 0.2) is 0 Å². The average Bonchev–Trinajstić information content (AvgIpc) is 0.722. The van der Waals surface area contributed by atoms with E-state index in [4.69, 9.17) is 15.7 Å². The van der Waals surface area contributed by atoms with Crippen LogP contribution >= 0.6 is 0 Å². The molecule has 0 unspecified atom stereocenters. The molecule has 0 aliphatic carbocycles. The standard InChI is InChI=1S/FH.Mn.H2O.3O/h1H;;1H2;;;/q;+1;;;;/p-1. The second kappa shape index (κ2) is 2.07. The SMILES string of the molecule is F.[O]=[Mn](=[O])(=[O])[OH]. The molecule has 0 heterocycles. The molecule has 1 N–H and O–H groups in total. The molecule has 0 aromatic heterocycles. The molecule has 0 fully saturated rings. The van der Waals surface area contributed by atoms with Crippen LogP contribution in [0.3, 0.4) is 0 Å². The quantitative estimate of drug-likeness (QED) is 0.448. The van der Waals surface area contributed by atoms with Gasteiger partial charge >= 0.3 is 28.7 Å². The molecule has 6 heteroatoms. The van der Waals surface area contributed by atoms with Gasteiger partial charge in [0.05, 0.1) is 0 Å². The average molecular weight is 140 g/mol. The Morgan fingerprint density at radius 2 is 1.17 bits per heavy atom. The van der Waals surface area contributed by atoms with Crippen molar-refractivity contribution >= 4 is 0 Å². The van der Waals surface area contributed by atoms with Crippen molar-refractivity contribution in [1.82, 2.24) is 0 Å². The van der Waals surface area contributed by atoms with E-state index in [1.54, 1.807) is 0 Å². The van der Waals surface area contributed by atoms with Crippen LogP contribution in [0.4, 0.5) is 4.70 Å². The molecule has 0 aromatic rings. The minimum atomic E-state index is -5.38. The molecule has 0 spiro atoms. The summed E-state index contributed by atoms with van der Waals surface area (Å²) in [5.74, 6) is 0. The van der Waals surface area contributed by atoms with E-state index in [9.17, 15) is 0 Å². The summed E-state index contributed by atoms with van der Waals surface area (Å²) >= 11 is -5.38.